The summed E-state index contributed by atoms with van der Waals surface area (Å²) in [5.41, 5.74) is 3.98. The fourth-order valence-corrected chi connectivity index (χ4v) is 2.75. The van der Waals surface area contributed by atoms with Gasteiger partial charge in [0.05, 0.1) is 10.6 Å². The third kappa shape index (κ3) is 3.62. The number of hydrogen-bond donors (Lipinski definition) is 1. The molecule has 0 fully saturated rings. The molecule has 0 heterocycles. The quantitative estimate of drug-likeness (QED) is 0.856. The fourth-order valence-electron chi connectivity index (χ4n) is 1.99. The van der Waals surface area contributed by atoms with Gasteiger partial charge in [-0.3, -0.25) is 4.79 Å². The van der Waals surface area contributed by atoms with Crippen molar-refractivity contribution in [3.8, 4) is 0 Å². The lowest BCUT2D eigenvalue weighted by Crippen LogP contribution is -2.23. The Bertz CT molecular complexity index is 655. The molecule has 0 aromatic heterocycles. The minimum Gasteiger partial charge on any atom is -0.348 e. The molecule has 4 heteroatoms. The molecule has 0 aliphatic heterocycles. The number of carbonyl (C=O) groups excluding carboxylic acids is 1. The molecule has 0 bridgehead atoms. The third-order valence-electron chi connectivity index (χ3n) is 3.11. The Balaban J connectivity index is 2.08. The van der Waals surface area contributed by atoms with Crippen LogP contribution >= 0.6 is 27.5 Å². The van der Waals surface area contributed by atoms with E-state index in [-0.39, 0.29) is 5.91 Å². The summed E-state index contributed by atoms with van der Waals surface area (Å²) < 4.78 is 0.855. The Morgan fingerprint density at radius 2 is 1.95 bits per heavy atom. The van der Waals surface area contributed by atoms with Crippen LogP contribution in [0.1, 0.15) is 27.0 Å². The number of carbonyl (C=O) groups is 1. The zero-order valence-corrected chi connectivity index (χ0v) is 13.7. The highest BCUT2D eigenvalue weighted by molar-refractivity contribution is 9.10. The minimum atomic E-state index is -0.164. The summed E-state index contributed by atoms with van der Waals surface area (Å²) in [5, 5.41) is 3.34. The van der Waals surface area contributed by atoms with E-state index in [9.17, 15) is 4.79 Å². The van der Waals surface area contributed by atoms with Gasteiger partial charge in [-0.05, 0) is 43.2 Å². The van der Waals surface area contributed by atoms with Crippen molar-refractivity contribution in [2.45, 2.75) is 20.4 Å². The van der Waals surface area contributed by atoms with E-state index in [4.69, 9.17) is 11.6 Å². The average Bonchev–Trinajstić information content (AvgIpc) is 2.37. The molecule has 0 atom stereocenters. The van der Waals surface area contributed by atoms with Crippen molar-refractivity contribution in [3.05, 3.63) is 68.1 Å². The van der Waals surface area contributed by atoms with Gasteiger partial charge in [0.1, 0.15) is 0 Å². The largest absolute Gasteiger partial charge is 0.348 e. The second-order valence-electron chi connectivity index (χ2n) is 4.74. The smallest absolute Gasteiger partial charge is 0.253 e. The Morgan fingerprint density at radius 1 is 1.20 bits per heavy atom. The van der Waals surface area contributed by atoms with Crippen molar-refractivity contribution in [1.82, 2.24) is 5.32 Å². The molecule has 104 valence electrons. The Labute approximate surface area is 132 Å². The van der Waals surface area contributed by atoms with Crippen LogP contribution in [0.2, 0.25) is 5.02 Å². The van der Waals surface area contributed by atoms with Crippen LogP contribution in [-0.4, -0.2) is 5.91 Å². The maximum absolute atomic E-state index is 12.1. The van der Waals surface area contributed by atoms with Gasteiger partial charge >= 0.3 is 0 Å². The molecular formula is C16H15BrClNO. The summed E-state index contributed by atoms with van der Waals surface area (Å²) in [4.78, 5) is 12.1. The first-order valence-electron chi connectivity index (χ1n) is 6.27. The topological polar surface area (TPSA) is 29.1 Å². The maximum atomic E-state index is 12.1. The van der Waals surface area contributed by atoms with Crippen LogP contribution in [0.25, 0.3) is 0 Å². The van der Waals surface area contributed by atoms with E-state index in [1.54, 1.807) is 18.2 Å². The molecule has 0 spiro atoms. The Morgan fingerprint density at radius 3 is 2.60 bits per heavy atom. The number of nitrogens with one attached hydrogen (secondary N) is 1. The molecular weight excluding hydrogens is 338 g/mol. The van der Waals surface area contributed by atoms with Crippen LogP contribution in [0.5, 0.6) is 0 Å². The van der Waals surface area contributed by atoms with E-state index in [0.717, 1.165) is 10.0 Å². The molecule has 0 saturated carbocycles. The van der Waals surface area contributed by atoms with Gasteiger partial charge in [-0.2, -0.15) is 0 Å². The van der Waals surface area contributed by atoms with E-state index in [2.05, 4.69) is 34.2 Å². The molecule has 0 radical (unpaired) electrons. The van der Waals surface area contributed by atoms with Crippen LogP contribution in [0.4, 0.5) is 0 Å². The monoisotopic (exact) mass is 351 g/mol. The van der Waals surface area contributed by atoms with Gasteiger partial charge in [-0.15, -0.1) is 0 Å². The second-order valence-corrected chi connectivity index (χ2v) is 6.06. The second kappa shape index (κ2) is 6.42. The van der Waals surface area contributed by atoms with Gasteiger partial charge in [0.25, 0.3) is 5.91 Å². The third-order valence-corrected chi connectivity index (χ3v) is 3.92. The van der Waals surface area contributed by atoms with Crippen molar-refractivity contribution in [2.75, 3.05) is 0 Å². The summed E-state index contributed by atoms with van der Waals surface area (Å²) in [5.74, 6) is -0.164. The molecule has 0 unspecified atom stereocenters. The van der Waals surface area contributed by atoms with E-state index in [0.29, 0.717) is 17.1 Å². The van der Waals surface area contributed by atoms with Gasteiger partial charge < -0.3 is 5.32 Å². The van der Waals surface area contributed by atoms with Crippen molar-refractivity contribution in [1.29, 1.82) is 0 Å². The van der Waals surface area contributed by atoms with Gasteiger partial charge in [-0.1, -0.05) is 51.3 Å². The normalized spacial score (nSPS) is 10.4. The summed E-state index contributed by atoms with van der Waals surface area (Å²) >= 11 is 9.39. The molecule has 0 aliphatic carbocycles. The van der Waals surface area contributed by atoms with Crippen LogP contribution in [0.15, 0.2) is 40.9 Å². The predicted octanol–water partition coefficient (Wildman–Crippen LogP) is 4.65. The van der Waals surface area contributed by atoms with Crippen molar-refractivity contribution in [3.63, 3.8) is 0 Å². The first-order valence-corrected chi connectivity index (χ1v) is 7.44. The van der Waals surface area contributed by atoms with E-state index in [1.807, 2.05) is 19.1 Å². The zero-order valence-electron chi connectivity index (χ0n) is 11.3. The molecule has 0 saturated heterocycles. The van der Waals surface area contributed by atoms with Crippen LogP contribution in [-0.2, 0) is 6.54 Å². The SMILES string of the molecule is Cc1ccc(CNC(=O)c2ccc(Br)cc2Cl)c(C)c1. The Kier molecular flexibility index (Phi) is 4.84. The summed E-state index contributed by atoms with van der Waals surface area (Å²) in [6, 6.07) is 11.4. The first-order chi connectivity index (χ1) is 9.47. The molecule has 1 N–H and O–H groups in total. The standard InChI is InChI=1S/C16H15BrClNO/c1-10-3-4-12(11(2)7-10)9-19-16(20)14-6-5-13(17)8-15(14)18/h3-8H,9H2,1-2H3,(H,19,20). The predicted molar refractivity (Wildman–Crippen MR) is 86.2 cm³/mol. The van der Waals surface area contributed by atoms with E-state index < -0.39 is 0 Å². The Hall–Kier alpha value is -1.32. The lowest BCUT2D eigenvalue weighted by atomic mass is 10.1. The van der Waals surface area contributed by atoms with Crippen LogP contribution in [0.3, 0.4) is 0 Å². The molecule has 1 amide bonds. The molecule has 2 nitrogen and oxygen atoms in total. The van der Waals surface area contributed by atoms with Gasteiger partial charge in [0.15, 0.2) is 0 Å². The van der Waals surface area contributed by atoms with E-state index >= 15 is 0 Å². The van der Waals surface area contributed by atoms with Gasteiger partial charge in [0.2, 0.25) is 0 Å². The van der Waals surface area contributed by atoms with Crippen LogP contribution in [0, 0.1) is 13.8 Å². The minimum absolute atomic E-state index is 0.164. The molecule has 2 aromatic carbocycles. The van der Waals surface area contributed by atoms with Crippen molar-refractivity contribution >= 4 is 33.4 Å². The number of halogens is 2. The number of hydrogen-bond acceptors (Lipinski definition) is 1. The first kappa shape index (κ1) is 15.1. The molecule has 2 rings (SSSR count). The highest BCUT2D eigenvalue weighted by Gasteiger charge is 2.10. The highest BCUT2D eigenvalue weighted by Crippen LogP contribution is 2.21. The molecule has 20 heavy (non-hydrogen) atoms. The van der Waals surface area contributed by atoms with Gasteiger partial charge in [0, 0.05) is 11.0 Å². The van der Waals surface area contributed by atoms with Gasteiger partial charge in [-0.25, -0.2) is 0 Å². The van der Waals surface area contributed by atoms with Crippen LogP contribution < -0.4 is 5.32 Å². The lowest BCUT2D eigenvalue weighted by Gasteiger charge is -2.10. The lowest BCUT2D eigenvalue weighted by molar-refractivity contribution is 0.0951. The number of rotatable bonds is 3. The summed E-state index contributed by atoms with van der Waals surface area (Å²) in [7, 11) is 0. The number of amides is 1. The highest BCUT2D eigenvalue weighted by atomic mass is 79.9. The summed E-state index contributed by atoms with van der Waals surface area (Å²) in [6.07, 6.45) is 0. The fraction of sp³-hybridized carbons (Fsp3) is 0.188. The average molecular weight is 353 g/mol. The molecule has 2 aromatic rings. The van der Waals surface area contributed by atoms with Crippen molar-refractivity contribution in [2.24, 2.45) is 0 Å². The molecule has 0 aliphatic rings. The van der Waals surface area contributed by atoms with Crippen molar-refractivity contribution < 1.29 is 4.79 Å². The maximum Gasteiger partial charge on any atom is 0.253 e. The number of aryl methyl sites for hydroxylation is 2. The summed E-state index contributed by atoms with van der Waals surface area (Å²) in [6.45, 7) is 4.59. The number of benzene rings is 2. The zero-order chi connectivity index (χ0) is 14.7. The van der Waals surface area contributed by atoms with E-state index in [1.165, 1.54) is 11.1 Å².